The minimum Gasteiger partial charge on any atom is -0.383 e. The average molecular weight is 300 g/mol. The maximum atomic E-state index is 11.9. The van der Waals surface area contributed by atoms with E-state index in [0.717, 1.165) is 4.88 Å². The number of hydrogen-bond donors (Lipinski definition) is 1. The summed E-state index contributed by atoms with van der Waals surface area (Å²) in [5, 5.41) is 4.69. The van der Waals surface area contributed by atoms with Crippen molar-refractivity contribution in [1.82, 2.24) is 10.2 Å². The highest BCUT2D eigenvalue weighted by Crippen LogP contribution is 2.40. The van der Waals surface area contributed by atoms with Gasteiger partial charge in [-0.2, -0.15) is 0 Å². The molecular weight excluding hydrogens is 284 g/mol. The molecule has 1 saturated heterocycles. The van der Waals surface area contributed by atoms with Gasteiger partial charge in [0, 0.05) is 18.5 Å². The number of rotatable bonds is 6. The van der Waals surface area contributed by atoms with E-state index in [1.165, 1.54) is 0 Å². The molecule has 1 N–H and O–H groups in total. The third-order valence-corrected chi connectivity index (χ3v) is 5.01. The first kappa shape index (κ1) is 14.4. The zero-order valence-corrected chi connectivity index (χ0v) is 12.3. The van der Waals surface area contributed by atoms with Crippen LogP contribution < -0.4 is 5.32 Å². The van der Waals surface area contributed by atoms with Crippen molar-refractivity contribution >= 4 is 34.9 Å². The zero-order valence-electron chi connectivity index (χ0n) is 10.6. The van der Waals surface area contributed by atoms with E-state index in [4.69, 9.17) is 4.74 Å². The molecule has 0 unspecified atom stereocenters. The maximum Gasteiger partial charge on any atom is 0.239 e. The fourth-order valence-electron chi connectivity index (χ4n) is 1.80. The van der Waals surface area contributed by atoms with Crippen LogP contribution in [0.2, 0.25) is 0 Å². The molecule has 1 atom stereocenters. The molecule has 1 aromatic rings. The fraction of sp³-hybridized carbons (Fsp3) is 0.500. The molecule has 2 rings (SSSR count). The Bertz CT molecular complexity index is 436. The lowest BCUT2D eigenvalue weighted by Crippen LogP contribution is -2.40. The van der Waals surface area contributed by atoms with Gasteiger partial charge in [0.25, 0.3) is 0 Å². The first-order chi connectivity index (χ1) is 9.22. The Kier molecular flexibility index (Phi) is 5.24. The summed E-state index contributed by atoms with van der Waals surface area (Å²) in [5.74, 6) is 0.313. The highest BCUT2D eigenvalue weighted by atomic mass is 32.2. The summed E-state index contributed by atoms with van der Waals surface area (Å²) in [4.78, 5) is 26.4. The Morgan fingerprint density at radius 3 is 3.16 bits per heavy atom. The lowest BCUT2D eigenvalue weighted by atomic mass is 10.3. The number of hydrogen-bond acceptors (Lipinski definition) is 5. The molecule has 1 aromatic heterocycles. The molecule has 5 nitrogen and oxygen atoms in total. The van der Waals surface area contributed by atoms with Gasteiger partial charge in [0.2, 0.25) is 11.8 Å². The van der Waals surface area contributed by atoms with Crippen LogP contribution >= 0.6 is 23.1 Å². The van der Waals surface area contributed by atoms with Gasteiger partial charge in [-0.25, -0.2) is 0 Å². The third-order valence-electron chi connectivity index (χ3n) is 2.70. The molecule has 0 aliphatic carbocycles. The predicted octanol–water partition coefficient (Wildman–Crippen LogP) is 1.08. The number of carbonyl (C=O) groups is 2. The zero-order chi connectivity index (χ0) is 13.7. The van der Waals surface area contributed by atoms with Crippen LogP contribution in [0.1, 0.15) is 10.3 Å². The molecule has 2 heterocycles. The molecule has 0 spiro atoms. The fourth-order valence-corrected chi connectivity index (χ4v) is 3.96. The van der Waals surface area contributed by atoms with E-state index in [9.17, 15) is 9.59 Å². The Labute approximate surface area is 120 Å². The number of carbonyl (C=O) groups excluding carboxylic acids is 2. The van der Waals surface area contributed by atoms with Gasteiger partial charge in [0.1, 0.15) is 11.9 Å². The second kappa shape index (κ2) is 6.93. The van der Waals surface area contributed by atoms with Gasteiger partial charge in [-0.05, 0) is 11.4 Å². The van der Waals surface area contributed by atoms with Crippen LogP contribution in [0, 0.1) is 0 Å². The van der Waals surface area contributed by atoms with E-state index in [-0.39, 0.29) is 23.7 Å². The van der Waals surface area contributed by atoms with Crippen molar-refractivity contribution in [2.75, 3.05) is 32.6 Å². The molecular formula is C12H16N2O3S2. The summed E-state index contributed by atoms with van der Waals surface area (Å²) in [5.41, 5.74) is 0. The van der Waals surface area contributed by atoms with Crippen molar-refractivity contribution in [1.29, 1.82) is 0 Å². The molecule has 0 radical (unpaired) electrons. The molecule has 0 saturated carbocycles. The highest BCUT2D eigenvalue weighted by Gasteiger charge is 2.34. The standard InChI is InChI=1S/C12H16N2O3S2/c1-17-5-4-13-10(15)7-14-11(16)8-19-12(14)9-3-2-6-18-9/h2-3,6,12H,4-5,7-8H2,1H3,(H,13,15)/t12-/m1/s1. The van der Waals surface area contributed by atoms with Crippen LogP contribution in [-0.4, -0.2) is 49.3 Å². The summed E-state index contributed by atoms with van der Waals surface area (Å²) < 4.78 is 4.87. The van der Waals surface area contributed by atoms with Gasteiger partial charge in [0.05, 0.1) is 12.4 Å². The summed E-state index contributed by atoms with van der Waals surface area (Å²) >= 11 is 3.18. The second-order valence-electron chi connectivity index (χ2n) is 4.04. The van der Waals surface area contributed by atoms with Crippen molar-refractivity contribution < 1.29 is 14.3 Å². The third kappa shape index (κ3) is 3.71. The van der Waals surface area contributed by atoms with Crippen LogP contribution in [0.15, 0.2) is 17.5 Å². The summed E-state index contributed by atoms with van der Waals surface area (Å²) in [6.07, 6.45) is 0. The minimum absolute atomic E-state index is 0.0188. The topological polar surface area (TPSA) is 58.6 Å². The maximum absolute atomic E-state index is 11.9. The summed E-state index contributed by atoms with van der Waals surface area (Å²) in [6.45, 7) is 1.05. The molecule has 1 fully saturated rings. The Balaban J connectivity index is 1.93. The van der Waals surface area contributed by atoms with Gasteiger partial charge in [0.15, 0.2) is 0 Å². The highest BCUT2D eigenvalue weighted by molar-refractivity contribution is 8.00. The average Bonchev–Trinajstić information content (AvgIpc) is 3.01. The van der Waals surface area contributed by atoms with Crippen molar-refractivity contribution in [2.24, 2.45) is 0 Å². The van der Waals surface area contributed by atoms with Gasteiger partial charge in [-0.15, -0.1) is 23.1 Å². The minimum atomic E-state index is -0.144. The number of nitrogens with one attached hydrogen (secondary N) is 1. The van der Waals surface area contributed by atoms with Crippen molar-refractivity contribution in [3.8, 4) is 0 Å². The smallest absolute Gasteiger partial charge is 0.239 e. The summed E-state index contributed by atoms with van der Waals surface area (Å²) in [6, 6.07) is 3.96. The normalized spacial score (nSPS) is 18.9. The molecule has 0 bridgehead atoms. The first-order valence-corrected chi connectivity index (χ1v) is 7.85. The first-order valence-electron chi connectivity index (χ1n) is 5.92. The molecule has 1 aliphatic heterocycles. The summed E-state index contributed by atoms with van der Waals surface area (Å²) in [7, 11) is 1.58. The number of methoxy groups -OCH3 is 1. The predicted molar refractivity (Wildman–Crippen MR) is 76.1 cm³/mol. The van der Waals surface area contributed by atoms with Gasteiger partial charge in [-0.3, -0.25) is 9.59 Å². The Morgan fingerprint density at radius 1 is 1.63 bits per heavy atom. The monoisotopic (exact) mass is 300 g/mol. The second-order valence-corrected chi connectivity index (χ2v) is 6.09. The molecule has 7 heteroatoms. The van der Waals surface area contributed by atoms with E-state index >= 15 is 0 Å². The van der Waals surface area contributed by atoms with E-state index < -0.39 is 0 Å². The molecule has 0 aromatic carbocycles. The van der Waals surface area contributed by atoms with E-state index in [0.29, 0.717) is 18.9 Å². The van der Waals surface area contributed by atoms with Crippen molar-refractivity contribution in [2.45, 2.75) is 5.37 Å². The largest absolute Gasteiger partial charge is 0.383 e. The van der Waals surface area contributed by atoms with Gasteiger partial charge < -0.3 is 15.0 Å². The van der Waals surface area contributed by atoms with Crippen LogP contribution in [0.5, 0.6) is 0 Å². The van der Waals surface area contributed by atoms with Gasteiger partial charge in [-0.1, -0.05) is 6.07 Å². The Morgan fingerprint density at radius 2 is 2.47 bits per heavy atom. The van der Waals surface area contributed by atoms with Crippen molar-refractivity contribution in [3.05, 3.63) is 22.4 Å². The lowest BCUT2D eigenvalue weighted by Gasteiger charge is -2.22. The van der Waals surface area contributed by atoms with E-state index in [2.05, 4.69) is 5.32 Å². The van der Waals surface area contributed by atoms with E-state index in [1.807, 2.05) is 17.5 Å². The number of nitrogens with zero attached hydrogens (tertiary/aromatic N) is 1. The number of ether oxygens (including phenoxy) is 1. The van der Waals surface area contributed by atoms with E-state index in [1.54, 1.807) is 35.1 Å². The van der Waals surface area contributed by atoms with Crippen LogP contribution in [0.4, 0.5) is 0 Å². The number of thioether (sulfide) groups is 1. The molecule has 19 heavy (non-hydrogen) atoms. The number of amides is 2. The van der Waals surface area contributed by atoms with Crippen LogP contribution in [0.25, 0.3) is 0 Å². The quantitative estimate of drug-likeness (QED) is 0.799. The van der Waals surface area contributed by atoms with Crippen LogP contribution in [0.3, 0.4) is 0 Å². The van der Waals surface area contributed by atoms with Crippen LogP contribution in [-0.2, 0) is 14.3 Å². The number of thiophene rings is 1. The molecule has 104 valence electrons. The van der Waals surface area contributed by atoms with Crippen molar-refractivity contribution in [3.63, 3.8) is 0 Å². The molecule has 1 aliphatic rings. The lowest BCUT2D eigenvalue weighted by molar-refractivity contribution is -0.133. The molecule has 2 amide bonds. The van der Waals surface area contributed by atoms with Gasteiger partial charge >= 0.3 is 0 Å². The Hall–Kier alpha value is -1.05. The SMILES string of the molecule is COCCNC(=O)CN1C(=O)CS[C@@H]1c1cccs1.